The SMILES string of the molecule is CC1=CCCN(CC[C@H](C)O)C=C1. The van der Waals surface area contributed by atoms with Crippen LogP contribution in [0.4, 0.5) is 0 Å². The largest absolute Gasteiger partial charge is 0.393 e. The maximum absolute atomic E-state index is 9.14. The second-order valence-corrected chi connectivity index (χ2v) is 3.73. The summed E-state index contributed by atoms with van der Waals surface area (Å²) in [6, 6.07) is 0. The van der Waals surface area contributed by atoms with E-state index in [9.17, 15) is 0 Å². The fourth-order valence-electron chi connectivity index (χ4n) is 1.36. The molecule has 0 fully saturated rings. The van der Waals surface area contributed by atoms with Crippen LogP contribution >= 0.6 is 0 Å². The van der Waals surface area contributed by atoms with E-state index in [0.717, 1.165) is 25.9 Å². The zero-order chi connectivity index (χ0) is 9.68. The van der Waals surface area contributed by atoms with Gasteiger partial charge in [-0.3, -0.25) is 0 Å². The van der Waals surface area contributed by atoms with Crippen LogP contribution in [0, 0.1) is 0 Å². The number of hydrogen-bond acceptors (Lipinski definition) is 2. The summed E-state index contributed by atoms with van der Waals surface area (Å²) in [4.78, 5) is 2.26. The summed E-state index contributed by atoms with van der Waals surface area (Å²) in [5.41, 5.74) is 1.33. The lowest BCUT2D eigenvalue weighted by molar-refractivity contribution is 0.169. The monoisotopic (exact) mass is 181 g/mol. The molecule has 0 unspecified atom stereocenters. The summed E-state index contributed by atoms with van der Waals surface area (Å²) in [7, 11) is 0. The molecule has 0 aromatic heterocycles. The lowest BCUT2D eigenvalue weighted by atomic mass is 10.2. The van der Waals surface area contributed by atoms with Gasteiger partial charge in [0.05, 0.1) is 6.10 Å². The fourth-order valence-corrected chi connectivity index (χ4v) is 1.36. The first-order valence-corrected chi connectivity index (χ1v) is 4.95. The Bertz CT molecular complexity index is 206. The second-order valence-electron chi connectivity index (χ2n) is 3.73. The molecule has 1 aliphatic rings. The lowest BCUT2D eigenvalue weighted by Gasteiger charge is -2.19. The van der Waals surface area contributed by atoms with Gasteiger partial charge in [-0.15, -0.1) is 0 Å². The summed E-state index contributed by atoms with van der Waals surface area (Å²) in [5.74, 6) is 0. The molecular weight excluding hydrogens is 162 g/mol. The van der Waals surface area contributed by atoms with E-state index >= 15 is 0 Å². The Kier molecular flexibility index (Phi) is 4.03. The van der Waals surface area contributed by atoms with Crippen LogP contribution in [0.2, 0.25) is 0 Å². The van der Waals surface area contributed by atoms with Gasteiger partial charge in [-0.25, -0.2) is 0 Å². The van der Waals surface area contributed by atoms with Crippen molar-refractivity contribution in [1.29, 1.82) is 0 Å². The average Bonchev–Trinajstić information content (AvgIpc) is 2.27. The molecule has 2 nitrogen and oxygen atoms in total. The molecule has 0 aromatic carbocycles. The van der Waals surface area contributed by atoms with Crippen molar-refractivity contribution >= 4 is 0 Å². The normalized spacial score (nSPS) is 19.6. The predicted octanol–water partition coefficient (Wildman–Crippen LogP) is 1.92. The van der Waals surface area contributed by atoms with Gasteiger partial charge in [0, 0.05) is 13.1 Å². The molecule has 1 N–H and O–H groups in total. The first-order chi connectivity index (χ1) is 6.18. The van der Waals surface area contributed by atoms with Crippen LogP contribution < -0.4 is 0 Å². The van der Waals surface area contributed by atoms with Gasteiger partial charge >= 0.3 is 0 Å². The number of hydrogen-bond donors (Lipinski definition) is 1. The number of allylic oxidation sites excluding steroid dienone is 2. The Morgan fingerprint density at radius 3 is 3.08 bits per heavy atom. The third-order valence-corrected chi connectivity index (χ3v) is 2.26. The molecule has 0 spiro atoms. The van der Waals surface area contributed by atoms with E-state index in [1.54, 1.807) is 0 Å². The van der Waals surface area contributed by atoms with Crippen molar-refractivity contribution < 1.29 is 5.11 Å². The highest BCUT2D eigenvalue weighted by Crippen LogP contribution is 2.07. The van der Waals surface area contributed by atoms with Crippen LogP contribution in [0.5, 0.6) is 0 Å². The summed E-state index contributed by atoms with van der Waals surface area (Å²) in [6.45, 7) is 5.98. The number of aliphatic hydroxyl groups is 1. The van der Waals surface area contributed by atoms with Crippen molar-refractivity contribution in [3.05, 3.63) is 23.9 Å². The smallest absolute Gasteiger partial charge is 0.0528 e. The molecule has 0 aromatic rings. The van der Waals surface area contributed by atoms with Crippen molar-refractivity contribution in [1.82, 2.24) is 4.90 Å². The fraction of sp³-hybridized carbons (Fsp3) is 0.636. The third kappa shape index (κ3) is 4.13. The van der Waals surface area contributed by atoms with Gasteiger partial charge < -0.3 is 10.0 Å². The number of aliphatic hydroxyl groups excluding tert-OH is 1. The quantitative estimate of drug-likeness (QED) is 0.719. The highest BCUT2D eigenvalue weighted by Gasteiger charge is 2.03. The minimum absolute atomic E-state index is 0.189. The second kappa shape index (κ2) is 5.07. The van der Waals surface area contributed by atoms with E-state index < -0.39 is 0 Å². The van der Waals surface area contributed by atoms with E-state index in [2.05, 4.69) is 30.2 Å². The topological polar surface area (TPSA) is 23.5 Å². The molecular formula is C11H19NO. The minimum atomic E-state index is -0.189. The van der Waals surface area contributed by atoms with Crippen molar-refractivity contribution in [2.45, 2.75) is 32.8 Å². The molecule has 1 aliphatic heterocycles. The van der Waals surface area contributed by atoms with E-state index in [0.29, 0.717) is 0 Å². The van der Waals surface area contributed by atoms with Crippen molar-refractivity contribution in [2.24, 2.45) is 0 Å². The van der Waals surface area contributed by atoms with Gasteiger partial charge in [-0.2, -0.15) is 0 Å². The molecule has 1 atom stereocenters. The molecule has 0 amide bonds. The first kappa shape index (κ1) is 10.3. The van der Waals surface area contributed by atoms with Crippen LogP contribution in [-0.4, -0.2) is 29.2 Å². The van der Waals surface area contributed by atoms with Gasteiger partial charge in [0.2, 0.25) is 0 Å². The number of rotatable bonds is 3. The van der Waals surface area contributed by atoms with E-state index in [4.69, 9.17) is 5.11 Å². The Balaban J connectivity index is 2.33. The molecule has 0 saturated heterocycles. The molecule has 74 valence electrons. The molecule has 2 heteroatoms. The molecule has 13 heavy (non-hydrogen) atoms. The van der Waals surface area contributed by atoms with Gasteiger partial charge in [0.15, 0.2) is 0 Å². The Hall–Kier alpha value is -0.760. The molecule has 0 radical (unpaired) electrons. The predicted molar refractivity (Wildman–Crippen MR) is 55.4 cm³/mol. The zero-order valence-electron chi connectivity index (χ0n) is 8.53. The van der Waals surface area contributed by atoms with E-state index in [1.165, 1.54) is 5.57 Å². The van der Waals surface area contributed by atoms with Crippen LogP contribution in [0.25, 0.3) is 0 Å². The minimum Gasteiger partial charge on any atom is -0.393 e. The van der Waals surface area contributed by atoms with Gasteiger partial charge in [-0.1, -0.05) is 11.6 Å². The standard InChI is InChI=1S/C11H19NO/c1-10-4-3-7-12(8-5-10)9-6-11(2)13/h4-5,8,11,13H,3,6-7,9H2,1-2H3/t11-/m0/s1. The molecule has 0 bridgehead atoms. The number of nitrogens with zero attached hydrogens (tertiary/aromatic N) is 1. The first-order valence-electron chi connectivity index (χ1n) is 4.95. The van der Waals surface area contributed by atoms with Crippen LogP contribution in [0.3, 0.4) is 0 Å². The van der Waals surface area contributed by atoms with Gasteiger partial charge in [-0.05, 0) is 39.0 Å². The highest BCUT2D eigenvalue weighted by molar-refractivity contribution is 5.17. The molecule has 1 heterocycles. The zero-order valence-corrected chi connectivity index (χ0v) is 8.53. The van der Waals surface area contributed by atoms with Crippen molar-refractivity contribution in [3.8, 4) is 0 Å². The summed E-state index contributed by atoms with van der Waals surface area (Å²) in [5, 5.41) is 9.14. The molecule has 0 aliphatic carbocycles. The van der Waals surface area contributed by atoms with Crippen LogP contribution in [0.1, 0.15) is 26.7 Å². The average molecular weight is 181 g/mol. The lowest BCUT2D eigenvalue weighted by Crippen LogP contribution is -2.21. The van der Waals surface area contributed by atoms with Crippen molar-refractivity contribution in [3.63, 3.8) is 0 Å². The maximum atomic E-state index is 9.14. The van der Waals surface area contributed by atoms with Crippen molar-refractivity contribution in [2.75, 3.05) is 13.1 Å². The Morgan fingerprint density at radius 1 is 1.62 bits per heavy atom. The van der Waals surface area contributed by atoms with E-state index in [-0.39, 0.29) is 6.10 Å². The summed E-state index contributed by atoms with van der Waals surface area (Å²) >= 11 is 0. The van der Waals surface area contributed by atoms with Crippen LogP contribution in [-0.2, 0) is 0 Å². The third-order valence-electron chi connectivity index (χ3n) is 2.26. The van der Waals surface area contributed by atoms with Gasteiger partial charge in [0.1, 0.15) is 0 Å². The summed E-state index contributed by atoms with van der Waals surface area (Å²) < 4.78 is 0. The van der Waals surface area contributed by atoms with E-state index in [1.807, 2.05) is 6.92 Å². The highest BCUT2D eigenvalue weighted by atomic mass is 16.3. The van der Waals surface area contributed by atoms with Gasteiger partial charge in [0.25, 0.3) is 0 Å². The Morgan fingerprint density at radius 2 is 2.38 bits per heavy atom. The molecule has 1 rings (SSSR count). The summed E-state index contributed by atoms with van der Waals surface area (Å²) in [6.07, 6.45) is 8.28. The molecule has 0 saturated carbocycles. The van der Waals surface area contributed by atoms with Crippen LogP contribution in [0.15, 0.2) is 23.9 Å². The maximum Gasteiger partial charge on any atom is 0.0528 e. The Labute approximate surface area is 80.6 Å².